The molecule has 0 radical (unpaired) electrons. The lowest BCUT2D eigenvalue weighted by Crippen LogP contribution is -2.22. The Morgan fingerprint density at radius 1 is 1.29 bits per heavy atom. The zero-order valence-electron chi connectivity index (χ0n) is 9.58. The van der Waals surface area contributed by atoms with Gasteiger partial charge in [-0.3, -0.25) is 4.79 Å². The topological polar surface area (TPSA) is 26.3 Å². The maximum Gasteiger partial charge on any atom is 0.302 e. The monoisotopic (exact) mass is 198 g/mol. The molecule has 82 valence electrons. The molecule has 0 spiro atoms. The molecule has 1 saturated carbocycles. The molecule has 0 atom stereocenters. The Morgan fingerprint density at radius 2 is 1.86 bits per heavy atom. The third-order valence-corrected chi connectivity index (χ3v) is 3.36. The summed E-state index contributed by atoms with van der Waals surface area (Å²) in [6.45, 7) is 6.73. The molecule has 1 fully saturated rings. The van der Waals surface area contributed by atoms with Gasteiger partial charge in [0, 0.05) is 6.92 Å². The first-order valence-corrected chi connectivity index (χ1v) is 5.73. The van der Waals surface area contributed by atoms with Gasteiger partial charge < -0.3 is 4.74 Å². The van der Waals surface area contributed by atoms with Gasteiger partial charge in [-0.05, 0) is 43.4 Å². The van der Waals surface area contributed by atoms with Gasteiger partial charge in [-0.2, -0.15) is 0 Å². The second kappa shape index (κ2) is 5.38. The largest absolute Gasteiger partial charge is 0.466 e. The van der Waals surface area contributed by atoms with Gasteiger partial charge in [-0.25, -0.2) is 0 Å². The molecule has 1 aliphatic carbocycles. The van der Waals surface area contributed by atoms with E-state index in [1.54, 1.807) is 0 Å². The molecule has 0 amide bonds. The lowest BCUT2D eigenvalue weighted by Gasteiger charge is -2.30. The molecule has 0 N–H and O–H groups in total. The smallest absolute Gasteiger partial charge is 0.302 e. The van der Waals surface area contributed by atoms with Crippen LogP contribution in [0.4, 0.5) is 0 Å². The molecule has 0 aromatic heterocycles. The Balaban J connectivity index is 2.19. The van der Waals surface area contributed by atoms with Crippen LogP contribution in [0.3, 0.4) is 0 Å². The van der Waals surface area contributed by atoms with Gasteiger partial charge in [0.25, 0.3) is 0 Å². The second-order valence-electron chi connectivity index (χ2n) is 4.83. The lowest BCUT2D eigenvalue weighted by atomic mass is 9.77. The summed E-state index contributed by atoms with van der Waals surface area (Å²) in [4.78, 5) is 10.6. The van der Waals surface area contributed by atoms with Gasteiger partial charge in [-0.1, -0.05) is 13.8 Å². The molecule has 0 saturated heterocycles. The highest BCUT2D eigenvalue weighted by Crippen LogP contribution is 2.33. The van der Waals surface area contributed by atoms with Crippen molar-refractivity contribution >= 4 is 5.97 Å². The maximum absolute atomic E-state index is 10.6. The Hall–Kier alpha value is -0.530. The number of carbonyl (C=O) groups excluding carboxylic acids is 1. The van der Waals surface area contributed by atoms with Crippen molar-refractivity contribution in [1.29, 1.82) is 0 Å². The minimum Gasteiger partial charge on any atom is -0.466 e. The van der Waals surface area contributed by atoms with Crippen molar-refractivity contribution in [1.82, 2.24) is 0 Å². The van der Waals surface area contributed by atoms with Crippen LogP contribution >= 0.6 is 0 Å². The third-order valence-electron chi connectivity index (χ3n) is 3.36. The lowest BCUT2D eigenvalue weighted by molar-refractivity contribution is -0.142. The highest BCUT2D eigenvalue weighted by Gasteiger charge is 2.23. The van der Waals surface area contributed by atoms with Crippen molar-refractivity contribution in [3.8, 4) is 0 Å². The van der Waals surface area contributed by atoms with Crippen molar-refractivity contribution in [2.24, 2.45) is 17.8 Å². The first kappa shape index (κ1) is 11.5. The highest BCUT2D eigenvalue weighted by molar-refractivity contribution is 5.65. The minimum atomic E-state index is -0.143. The number of hydrogen-bond acceptors (Lipinski definition) is 2. The Morgan fingerprint density at radius 3 is 2.29 bits per heavy atom. The summed E-state index contributed by atoms with van der Waals surface area (Å²) in [5, 5.41) is 0. The van der Waals surface area contributed by atoms with E-state index in [-0.39, 0.29) is 5.97 Å². The standard InChI is InChI=1S/C12H22O2/c1-9(2)12-6-4-11(5-7-12)8-14-10(3)13/h9,11-12H,4-8H2,1-3H3/t11-,12+. The van der Waals surface area contributed by atoms with Gasteiger partial charge in [0.2, 0.25) is 0 Å². The summed E-state index contributed by atoms with van der Waals surface area (Å²) in [5.41, 5.74) is 0. The summed E-state index contributed by atoms with van der Waals surface area (Å²) in [7, 11) is 0. The molecule has 1 rings (SSSR count). The van der Waals surface area contributed by atoms with Crippen molar-refractivity contribution in [3.63, 3.8) is 0 Å². The Kier molecular flexibility index (Phi) is 4.43. The fourth-order valence-electron chi connectivity index (χ4n) is 2.26. The fourth-order valence-corrected chi connectivity index (χ4v) is 2.26. The van der Waals surface area contributed by atoms with Crippen molar-refractivity contribution in [2.45, 2.75) is 46.5 Å². The molecular weight excluding hydrogens is 176 g/mol. The van der Waals surface area contributed by atoms with Crippen LogP contribution in [0.5, 0.6) is 0 Å². The van der Waals surface area contributed by atoms with E-state index < -0.39 is 0 Å². The number of carbonyl (C=O) groups is 1. The van der Waals surface area contributed by atoms with E-state index in [2.05, 4.69) is 13.8 Å². The maximum atomic E-state index is 10.6. The van der Waals surface area contributed by atoms with Gasteiger partial charge in [0.1, 0.15) is 0 Å². The van der Waals surface area contributed by atoms with Crippen LogP contribution in [-0.2, 0) is 9.53 Å². The molecule has 0 aliphatic heterocycles. The minimum absolute atomic E-state index is 0.143. The van der Waals surface area contributed by atoms with E-state index in [0.717, 1.165) is 11.8 Å². The van der Waals surface area contributed by atoms with Gasteiger partial charge in [-0.15, -0.1) is 0 Å². The molecule has 0 bridgehead atoms. The van der Waals surface area contributed by atoms with Crippen molar-refractivity contribution in [2.75, 3.05) is 6.61 Å². The van der Waals surface area contributed by atoms with E-state index >= 15 is 0 Å². The molecule has 2 nitrogen and oxygen atoms in total. The summed E-state index contributed by atoms with van der Waals surface area (Å²) in [6.07, 6.45) is 5.08. The molecular formula is C12H22O2. The molecule has 0 unspecified atom stereocenters. The zero-order valence-corrected chi connectivity index (χ0v) is 9.58. The van der Waals surface area contributed by atoms with Crippen molar-refractivity contribution in [3.05, 3.63) is 0 Å². The van der Waals surface area contributed by atoms with E-state index in [4.69, 9.17) is 4.74 Å². The average Bonchev–Trinajstić information content (AvgIpc) is 2.15. The number of esters is 1. The zero-order chi connectivity index (χ0) is 10.6. The highest BCUT2D eigenvalue weighted by atomic mass is 16.5. The molecule has 0 aromatic rings. The number of hydrogen-bond donors (Lipinski definition) is 0. The van der Waals surface area contributed by atoms with Crippen LogP contribution in [0.15, 0.2) is 0 Å². The summed E-state index contributed by atoms with van der Waals surface area (Å²) in [6, 6.07) is 0. The average molecular weight is 198 g/mol. The van der Waals surface area contributed by atoms with Crippen LogP contribution < -0.4 is 0 Å². The molecule has 2 heteroatoms. The predicted molar refractivity (Wildman–Crippen MR) is 56.9 cm³/mol. The normalized spacial score (nSPS) is 27.7. The quantitative estimate of drug-likeness (QED) is 0.652. The fraction of sp³-hybridized carbons (Fsp3) is 0.917. The molecule has 1 aliphatic rings. The molecule has 0 aromatic carbocycles. The summed E-state index contributed by atoms with van der Waals surface area (Å²) < 4.78 is 5.04. The van der Waals surface area contributed by atoms with E-state index in [1.165, 1.54) is 32.6 Å². The number of rotatable bonds is 3. The van der Waals surface area contributed by atoms with Crippen LogP contribution in [0.1, 0.15) is 46.5 Å². The SMILES string of the molecule is CC(=O)OC[C@H]1CC[C@@H](C(C)C)CC1. The Bertz CT molecular complexity index is 179. The van der Waals surface area contributed by atoms with E-state index in [1.807, 2.05) is 0 Å². The second-order valence-corrected chi connectivity index (χ2v) is 4.83. The van der Waals surface area contributed by atoms with Crippen LogP contribution in [0.25, 0.3) is 0 Å². The first-order valence-electron chi connectivity index (χ1n) is 5.73. The summed E-state index contributed by atoms with van der Waals surface area (Å²) in [5.74, 6) is 2.18. The van der Waals surface area contributed by atoms with Gasteiger partial charge >= 0.3 is 5.97 Å². The van der Waals surface area contributed by atoms with Crippen LogP contribution in [0, 0.1) is 17.8 Å². The van der Waals surface area contributed by atoms with Crippen molar-refractivity contribution < 1.29 is 9.53 Å². The van der Waals surface area contributed by atoms with E-state index in [9.17, 15) is 4.79 Å². The Labute approximate surface area is 87.0 Å². The first-order chi connectivity index (χ1) is 6.59. The summed E-state index contributed by atoms with van der Waals surface area (Å²) >= 11 is 0. The molecule has 0 heterocycles. The predicted octanol–water partition coefficient (Wildman–Crippen LogP) is 3.01. The van der Waals surface area contributed by atoms with Crippen LogP contribution in [0.2, 0.25) is 0 Å². The van der Waals surface area contributed by atoms with E-state index in [0.29, 0.717) is 12.5 Å². The van der Waals surface area contributed by atoms with Gasteiger partial charge in [0.05, 0.1) is 6.61 Å². The third kappa shape index (κ3) is 3.69. The van der Waals surface area contributed by atoms with Gasteiger partial charge in [0.15, 0.2) is 0 Å². The van der Waals surface area contributed by atoms with Crippen LogP contribution in [-0.4, -0.2) is 12.6 Å². The number of ether oxygens (including phenoxy) is 1. The molecule has 14 heavy (non-hydrogen) atoms.